The molecule has 2 aliphatic rings. The second-order valence-electron chi connectivity index (χ2n) is 9.43. The van der Waals surface area contributed by atoms with Crippen molar-refractivity contribution in [1.82, 2.24) is 4.57 Å². The molecule has 0 radical (unpaired) electrons. The summed E-state index contributed by atoms with van der Waals surface area (Å²) in [5, 5.41) is 21.2. The van der Waals surface area contributed by atoms with E-state index in [4.69, 9.17) is 9.15 Å². The van der Waals surface area contributed by atoms with E-state index in [-0.39, 0.29) is 40.0 Å². The van der Waals surface area contributed by atoms with Crippen LogP contribution in [0, 0.1) is 0 Å². The summed E-state index contributed by atoms with van der Waals surface area (Å²) in [6, 6.07) is 15.0. The Bertz CT molecular complexity index is 1910. The molecular weight excluding hydrogens is 474 g/mol. The molecule has 2 aromatic heterocycles. The number of carbonyl (C=O) groups excluding carboxylic acids is 1. The number of aryl methyl sites for hydroxylation is 2. The number of phenolic OH excluding ortho intramolecular Hbond substituents is 2. The van der Waals surface area contributed by atoms with Crippen molar-refractivity contribution in [1.29, 1.82) is 0 Å². The van der Waals surface area contributed by atoms with E-state index in [2.05, 4.69) is 0 Å². The number of pyridine rings is 1. The monoisotopic (exact) mass is 493 g/mol. The lowest BCUT2D eigenvalue weighted by molar-refractivity contribution is -0.135. The van der Waals surface area contributed by atoms with Gasteiger partial charge in [-0.05, 0) is 41.1 Å². The minimum atomic E-state index is -0.730. The highest BCUT2D eigenvalue weighted by atomic mass is 16.5. The fourth-order valence-corrected chi connectivity index (χ4v) is 5.68. The molecule has 8 nitrogen and oxygen atoms in total. The number of hydrogen-bond acceptors (Lipinski definition) is 7. The number of ether oxygens (including phenoxy) is 1. The minimum Gasteiger partial charge on any atom is -0.508 e. The van der Waals surface area contributed by atoms with Gasteiger partial charge in [-0.2, -0.15) is 0 Å². The molecule has 0 amide bonds. The summed E-state index contributed by atoms with van der Waals surface area (Å²) in [5.41, 5.74) is 2.85. The van der Waals surface area contributed by atoms with Crippen molar-refractivity contribution in [3.05, 3.63) is 98.1 Å². The molecule has 0 aliphatic carbocycles. The minimum absolute atomic E-state index is 0.0487. The summed E-state index contributed by atoms with van der Waals surface area (Å²) in [5.74, 6) is -1.56. The largest absolute Gasteiger partial charge is 0.508 e. The zero-order chi connectivity index (χ0) is 25.4. The highest BCUT2D eigenvalue weighted by Crippen LogP contribution is 2.45. The van der Waals surface area contributed by atoms with Gasteiger partial charge in [-0.15, -0.1) is 0 Å². The topological polar surface area (TPSA) is 119 Å². The molecule has 5 aromatic rings. The van der Waals surface area contributed by atoms with Crippen molar-refractivity contribution in [2.24, 2.45) is 0 Å². The first-order valence-electron chi connectivity index (χ1n) is 11.9. The Morgan fingerprint density at radius 2 is 1.78 bits per heavy atom. The molecule has 7 rings (SSSR count). The summed E-state index contributed by atoms with van der Waals surface area (Å²) < 4.78 is 13.1. The average Bonchev–Trinajstić information content (AvgIpc) is 3.32. The standard InChI is InChI=1S/C29H19NO7/c31-17-6-4-14(5-7-17)20-13-36-28-24-18(11-23(33)37-22(24)12-21(32)25(28)27(20)34)19-10-16-3-1-2-15-8-9-30(26(15)16)29(19)35/h1-7,10,12-13,18,31-32H,8-9,11H2. The molecule has 8 heteroatoms. The molecular formula is C29H19NO7. The summed E-state index contributed by atoms with van der Waals surface area (Å²) in [6.07, 6.45) is 1.92. The van der Waals surface area contributed by atoms with E-state index in [9.17, 15) is 24.6 Å². The Hall–Kier alpha value is -4.85. The normalized spacial score (nSPS) is 16.2. The van der Waals surface area contributed by atoms with E-state index < -0.39 is 23.1 Å². The Labute approximate surface area is 208 Å². The van der Waals surface area contributed by atoms with Gasteiger partial charge in [0.1, 0.15) is 34.5 Å². The first kappa shape index (κ1) is 21.4. The molecule has 0 bridgehead atoms. The van der Waals surface area contributed by atoms with Crippen LogP contribution < -0.4 is 15.7 Å². The number of benzene rings is 3. The third kappa shape index (κ3) is 3.05. The maximum atomic E-state index is 13.6. The van der Waals surface area contributed by atoms with E-state index in [1.165, 1.54) is 24.5 Å². The van der Waals surface area contributed by atoms with Crippen LogP contribution in [0.2, 0.25) is 0 Å². The number of carbonyl (C=O) groups is 1. The van der Waals surface area contributed by atoms with Crippen LogP contribution in [0.5, 0.6) is 17.2 Å². The van der Waals surface area contributed by atoms with Crippen LogP contribution in [-0.4, -0.2) is 20.7 Å². The lowest BCUT2D eigenvalue weighted by atomic mass is 9.85. The van der Waals surface area contributed by atoms with Gasteiger partial charge in [-0.25, -0.2) is 0 Å². The van der Waals surface area contributed by atoms with E-state index in [0.29, 0.717) is 23.2 Å². The smallest absolute Gasteiger partial charge is 0.312 e. The quantitative estimate of drug-likeness (QED) is 0.280. The van der Waals surface area contributed by atoms with Gasteiger partial charge >= 0.3 is 5.97 Å². The van der Waals surface area contributed by atoms with Crippen LogP contribution in [0.3, 0.4) is 0 Å². The van der Waals surface area contributed by atoms with E-state index in [1.807, 2.05) is 18.2 Å². The number of phenols is 2. The Balaban J connectivity index is 1.50. The number of aromatic nitrogens is 1. The van der Waals surface area contributed by atoms with Crippen LogP contribution in [0.25, 0.3) is 33.0 Å². The van der Waals surface area contributed by atoms with Crippen molar-refractivity contribution in [2.75, 3.05) is 0 Å². The molecule has 3 aromatic carbocycles. The molecule has 4 heterocycles. The number of nitrogens with zero attached hydrogens (tertiary/aromatic N) is 1. The van der Waals surface area contributed by atoms with Crippen LogP contribution >= 0.6 is 0 Å². The average molecular weight is 493 g/mol. The van der Waals surface area contributed by atoms with E-state index >= 15 is 0 Å². The molecule has 0 fully saturated rings. The molecule has 1 atom stereocenters. The number of para-hydroxylation sites is 1. The Kier molecular flexibility index (Phi) is 4.39. The molecule has 0 spiro atoms. The van der Waals surface area contributed by atoms with Crippen molar-refractivity contribution >= 4 is 27.8 Å². The first-order chi connectivity index (χ1) is 17.9. The first-order valence-corrected chi connectivity index (χ1v) is 11.9. The van der Waals surface area contributed by atoms with Crippen LogP contribution in [-0.2, 0) is 17.8 Å². The van der Waals surface area contributed by atoms with Gasteiger partial charge in [0.25, 0.3) is 5.56 Å². The fraction of sp³-hybridized carbons (Fsp3) is 0.138. The molecule has 1 unspecified atom stereocenters. The number of aromatic hydroxyl groups is 2. The lowest BCUT2D eigenvalue weighted by Gasteiger charge is -2.26. The summed E-state index contributed by atoms with van der Waals surface area (Å²) in [4.78, 5) is 39.8. The zero-order valence-electron chi connectivity index (χ0n) is 19.4. The van der Waals surface area contributed by atoms with Gasteiger partial charge < -0.3 is 23.9 Å². The molecule has 37 heavy (non-hydrogen) atoms. The third-order valence-corrected chi connectivity index (χ3v) is 7.35. The van der Waals surface area contributed by atoms with Crippen molar-refractivity contribution < 1.29 is 24.2 Å². The van der Waals surface area contributed by atoms with Gasteiger partial charge in [-0.1, -0.05) is 30.3 Å². The SMILES string of the molecule is O=C1CC(c2cc3cccc4c3n(c2=O)CC4)c2c(cc(O)c3c(=O)c(-c4ccc(O)cc4)coc23)O1. The highest BCUT2D eigenvalue weighted by molar-refractivity contribution is 5.94. The van der Waals surface area contributed by atoms with Crippen molar-refractivity contribution in [3.63, 3.8) is 0 Å². The molecule has 0 saturated heterocycles. The summed E-state index contributed by atoms with van der Waals surface area (Å²) in [7, 11) is 0. The van der Waals surface area contributed by atoms with Crippen molar-refractivity contribution in [3.8, 4) is 28.4 Å². The second kappa shape index (κ2) is 7.57. The lowest BCUT2D eigenvalue weighted by Crippen LogP contribution is -2.29. The molecule has 182 valence electrons. The maximum absolute atomic E-state index is 13.6. The molecule has 2 N–H and O–H groups in total. The predicted octanol–water partition coefficient (Wildman–Crippen LogP) is 4.18. The van der Waals surface area contributed by atoms with Crippen LogP contribution in [0.4, 0.5) is 0 Å². The van der Waals surface area contributed by atoms with Gasteiger partial charge in [0.05, 0.1) is 17.5 Å². The zero-order valence-corrected chi connectivity index (χ0v) is 19.4. The van der Waals surface area contributed by atoms with Gasteiger partial charge in [0, 0.05) is 29.7 Å². The van der Waals surface area contributed by atoms with Gasteiger partial charge in [0.2, 0.25) is 5.43 Å². The molecule has 2 aliphatic heterocycles. The predicted molar refractivity (Wildman–Crippen MR) is 135 cm³/mol. The number of fused-ring (bicyclic) bond motifs is 3. The molecule has 0 saturated carbocycles. The number of esters is 1. The fourth-order valence-electron chi connectivity index (χ4n) is 5.68. The van der Waals surface area contributed by atoms with Crippen LogP contribution in [0.15, 0.2) is 74.9 Å². The van der Waals surface area contributed by atoms with E-state index in [1.54, 1.807) is 22.8 Å². The number of hydrogen-bond donors (Lipinski definition) is 2. The van der Waals surface area contributed by atoms with Gasteiger partial charge in [0.15, 0.2) is 0 Å². The van der Waals surface area contributed by atoms with Crippen molar-refractivity contribution in [2.45, 2.75) is 25.3 Å². The summed E-state index contributed by atoms with van der Waals surface area (Å²) >= 11 is 0. The second-order valence-corrected chi connectivity index (χ2v) is 9.43. The highest BCUT2D eigenvalue weighted by Gasteiger charge is 2.36. The van der Waals surface area contributed by atoms with E-state index in [0.717, 1.165) is 22.9 Å². The van der Waals surface area contributed by atoms with Gasteiger partial charge in [-0.3, -0.25) is 14.4 Å². The number of rotatable bonds is 2. The summed E-state index contributed by atoms with van der Waals surface area (Å²) in [6.45, 7) is 0.550. The maximum Gasteiger partial charge on any atom is 0.312 e. The van der Waals surface area contributed by atoms with Crippen LogP contribution in [0.1, 0.15) is 29.0 Å². The third-order valence-electron chi connectivity index (χ3n) is 7.35. The Morgan fingerprint density at radius 1 is 0.973 bits per heavy atom. The Morgan fingerprint density at radius 3 is 2.59 bits per heavy atom.